The van der Waals surface area contributed by atoms with E-state index in [9.17, 15) is 73.5 Å². The van der Waals surface area contributed by atoms with E-state index in [0.29, 0.717) is 0 Å². The highest BCUT2D eigenvalue weighted by atomic mass is 16.7. The molecule has 8 amide bonds. The van der Waals surface area contributed by atoms with E-state index in [0.717, 1.165) is 20.8 Å². The van der Waals surface area contributed by atoms with E-state index in [1.807, 2.05) is 0 Å². The smallest absolute Gasteiger partial charge is 0.325 e. The number of carbonyl (C=O) groups excluding carboxylic acids is 9. The van der Waals surface area contributed by atoms with Gasteiger partial charge in [0.1, 0.15) is 85.6 Å². The molecule has 2 heterocycles. The van der Waals surface area contributed by atoms with Gasteiger partial charge in [0.05, 0.1) is 12.6 Å². The zero-order valence-electron chi connectivity index (χ0n) is 38.3. The maximum absolute atomic E-state index is 13.6. The Hall–Kier alpha value is -5.66. The molecule has 2 fully saturated rings. The quantitative estimate of drug-likeness (QED) is 0.0358. The molecule has 0 radical (unpaired) electrons. The van der Waals surface area contributed by atoms with Crippen molar-refractivity contribution in [3.8, 4) is 0 Å². The molecule has 17 N–H and O–H groups in total. The van der Waals surface area contributed by atoms with Crippen molar-refractivity contribution in [1.82, 2.24) is 31.9 Å². The minimum absolute atomic E-state index is 0.0319. The summed E-state index contributed by atoms with van der Waals surface area (Å²) in [5.41, 5.74) is 16.3. The number of nitrogens with one attached hydrogen (secondary N) is 6. The summed E-state index contributed by atoms with van der Waals surface area (Å²) in [4.78, 5) is 124. The first-order chi connectivity index (χ1) is 31.7. The van der Waals surface area contributed by atoms with Gasteiger partial charge < -0.3 is 98.3 Å². The molecule has 0 aromatic heterocycles. The molecule has 29 heteroatoms. The first-order valence-electron chi connectivity index (χ1n) is 21.4. The first kappa shape index (κ1) is 58.5. The Morgan fingerprint density at radius 3 is 1.82 bits per heavy atom. The van der Waals surface area contributed by atoms with E-state index in [1.165, 1.54) is 20.8 Å². The Morgan fingerprint density at radius 1 is 0.676 bits per heavy atom. The number of hydrogen-bond acceptors (Lipinski definition) is 20. The SMILES string of the molecule is CC(=O)NC1C(OC2C(COC(C)=O)OC(O)C(NC(C)=O)C2OC(C)C(=O)NC(C)C(=O)NC(CCC(=O)NC(CCCC(N)C(N)=O)C(=O)NC(C)C(=O)O)C(N)=O)OC(CO)C(O)C1O. The molecule has 0 spiro atoms. The minimum atomic E-state index is -1.93. The normalized spacial score (nSPS) is 27.3. The third kappa shape index (κ3) is 18.1. The molecule has 0 aliphatic carbocycles. The van der Waals surface area contributed by atoms with Crippen molar-refractivity contribution < 1.29 is 97.2 Å². The third-order valence-electron chi connectivity index (χ3n) is 10.6. The molecule has 0 aromatic carbocycles. The molecular weight excluding hydrogens is 914 g/mol. The first-order valence-corrected chi connectivity index (χ1v) is 21.4. The fourth-order valence-corrected chi connectivity index (χ4v) is 6.86. The molecule has 386 valence electrons. The number of hydrogen-bond donors (Lipinski definition) is 14. The van der Waals surface area contributed by atoms with Crippen LogP contribution in [0.3, 0.4) is 0 Å². The number of aliphatic hydroxyl groups is 4. The standard InChI is InChI=1S/C39H65N9O20/c1-14(34(58)48-21(33(42)57)10-11-25(53)47-22(9-7-8-20(40)32(41)56)36(60)44-15(2)37(61)62)43-35(59)16(3)65-31-27(46-18(5)51)38(63)66-24(13-64-19(6)52)30(31)68-39-26(45-17(4)50)29(55)28(54)23(12-49)67-39/h14-16,20-24,26-31,38-39,49,54-55,63H,7-13,40H2,1-6H3,(H2,41,56)(H2,42,57)(H,43,59)(H,44,60)(H,45,50)(H,46,51)(H,47,53)(H,48,58)(H,61,62). The molecule has 0 saturated carbocycles. The summed E-state index contributed by atoms with van der Waals surface area (Å²) in [5, 5.41) is 65.6. The predicted molar refractivity (Wildman–Crippen MR) is 226 cm³/mol. The number of esters is 1. The summed E-state index contributed by atoms with van der Waals surface area (Å²) in [6, 6.07) is -9.78. The summed E-state index contributed by atoms with van der Waals surface area (Å²) in [7, 11) is 0. The average Bonchev–Trinajstić information content (AvgIpc) is 3.24. The summed E-state index contributed by atoms with van der Waals surface area (Å²) < 4.78 is 28.7. The number of rotatable bonds is 26. The van der Waals surface area contributed by atoms with Gasteiger partial charge in [-0.3, -0.25) is 47.9 Å². The largest absolute Gasteiger partial charge is 0.480 e. The van der Waals surface area contributed by atoms with E-state index in [2.05, 4.69) is 31.9 Å². The number of primary amides is 2. The van der Waals surface area contributed by atoms with Crippen LogP contribution < -0.4 is 49.1 Å². The topological polar surface area (TPSA) is 468 Å². The van der Waals surface area contributed by atoms with Gasteiger partial charge in [0.25, 0.3) is 0 Å². The van der Waals surface area contributed by atoms with Gasteiger partial charge in [-0.15, -0.1) is 0 Å². The van der Waals surface area contributed by atoms with Gasteiger partial charge in [0.2, 0.25) is 47.3 Å². The summed E-state index contributed by atoms with van der Waals surface area (Å²) in [5.74, 6) is -9.24. The van der Waals surface area contributed by atoms with Crippen molar-refractivity contribution in [1.29, 1.82) is 0 Å². The lowest BCUT2D eigenvalue weighted by Crippen LogP contribution is -2.70. The van der Waals surface area contributed by atoms with Crippen LogP contribution in [0.15, 0.2) is 0 Å². The monoisotopic (exact) mass is 979 g/mol. The van der Waals surface area contributed by atoms with Gasteiger partial charge in [-0.05, 0) is 46.5 Å². The second-order valence-electron chi connectivity index (χ2n) is 16.2. The number of ether oxygens (including phenoxy) is 5. The van der Waals surface area contributed by atoms with Crippen molar-refractivity contribution in [3.63, 3.8) is 0 Å². The van der Waals surface area contributed by atoms with Crippen molar-refractivity contribution in [2.45, 2.75) is 171 Å². The Balaban J connectivity index is 2.28. The van der Waals surface area contributed by atoms with Crippen molar-refractivity contribution in [2.24, 2.45) is 17.2 Å². The van der Waals surface area contributed by atoms with E-state index >= 15 is 0 Å². The second-order valence-corrected chi connectivity index (χ2v) is 16.2. The number of carbonyl (C=O) groups is 10. The van der Waals surface area contributed by atoms with Gasteiger partial charge in [-0.1, -0.05) is 0 Å². The number of amides is 8. The van der Waals surface area contributed by atoms with E-state index in [4.69, 9.17) is 40.9 Å². The molecular formula is C39H65N9O20. The summed E-state index contributed by atoms with van der Waals surface area (Å²) >= 11 is 0. The highest BCUT2D eigenvalue weighted by Gasteiger charge is 2.53. The summed E-state index contributed by atoms with van der Waals surface area (Å²) in [6.07, 6.45) is -16.0. The van der Waals surface area contributed by atoms with Crippen LogP contribution in [0.25, 0.3) is 0 Å². The zero-order chi connectivity index (χ0) is 51.7. The average molecular weight is 980 g/mol. The molecule has 2 rings (SSSR count). The van der Waals surface area contributed by atoms with Crippen LogP contribution in [0.5, 0.6) is 0 Å². The minimum Gasteiger partial charge on any atom is -0.480 e. The highest BCUT2D eigenvalue weighted by Crippen LogP contribution is 2.31. The fraction of sp³-hybridized carbons (Fsp3) is 0.744. The molecule has 2 aliphatic heterocycles. The number of nitrogens with two attached hydrogens (primary N) is 3. The van der Waals surface area contributed by atoms with Crippen molar-refractivity contribution in [2.75, 3.05) is 13.2 Å². The Bertz CT molecular complexity index is 1810. The Morgan fingerprint density at radius 2 is 1.28 bits per heavy atom. The fourth-order valence-electron chi connectivity index (χ4n) is 6.86. The van der Waals surface area contributed by atoms with Crippen LogP contribution in [0.4, 0.5) is 0 Å². The molecule has 2 aliphatic rings. The van der Waals surface area contributed by atoms with E-state index in [-0.39, 0.29) is 19.3 Å². The lowest BCUT2D eigenvalue weighted by Gasteiger charge is -2.48. The van der Waals surface area contributed by atoms with Gasteiger partial charge in [0, 0.05) is 27.2 Å². The lowest BCUT2D eigenvalue weighted by atomic mass is 9.94. The maximum Gasteiger partial charge on any atom is 0.325 e. The van der Waals surface area contributed by atoms with Crippen molar-refractivity contribution in [3.05, 3.63) is 0 Å². The molecule has 29 nitrogen and oxygen atoms in total. The van der Waals surface area contributed by atoms with Crippen LogP contribution >= 0.6 is 0 Å². The van der Waals surface area contributed by atoms with Crippen LogP contribution in [-0.4, -0.2) is 196 Å². The van der Waals surface area contributed by atoms with Gasteiger partial charge in [-0.2, -0.15) is 0 Å². The molecule has 16 atom stereocenters. The number of carboxylic acid groups (broad SMARTS) is 1. The zero-order valence-corrected chi connectivity index (χ0v) is 38.3. The van der Waals surface area contributed by atoms with Crippen LogP contribution in [-0.2, 0) is 71.6 Å². The van der Waals surface area contributed by atoms with Gasteiger partial charge in [0.15, 0.2) is 12.6 Å². The highest BCUT2D eigenvalue weighted by molar-refractivity contribution is 5.93. The molecule has 16 unspecified atom stereocenters. The van der Waals surface area contributed by atoms with Gasteiger partial charge in [-0.25, -0.2) is 0 Å². The van der Waals surface area contributed by atoms with Crippen LogP contribution in [0.2, 0.25) is 0 Å². The molecule has 0 bridgehead atoms. The number of carboxylic acids is 1. The number of aliphatic carboxylic acids is 1. The van der Waals surface area contributed by atoms with E-state index < -0.39 is 183 Å². The Labute approximate surface area is 389 Å². The lowest BCUT2D eigenvalue weighted by molar-refractivity contribution is -0.333. The molecule has 0 aromatic rings. The Kier molecular flexibility index (Phi) is 23.5. The third-order valence-corrected chi connectivity index (χ3v) is 10.6. The van der Waals surface area contributed by atoms with Crippen molar-refractivity contribution >= 4 is 59.2 Å². The maximum atomic E-state index is 13.6. The molecule has 68 heavy (non-hydrogen) atoms. The van der Waals surface area contributed by atoms with Crippen LogP contribution in [0.1, 0.15) is 73.6 Å². The second kappa shape index (κ2) is 27.4. The molecule has 2 saturated heterocycles. The number of aliphatic hydroxyl groups excluding tert-OH is 4. The van der Waals surface area contributed by atoms with E-state index in [1.54, 1.807) is 0 Å². The van der Waals surface area contributed by atoms with Gasteiger partial charge >= 0.3 is 11.9 Å². The van der Waals surface area contributed by atoms with Crippen LogP contribution in [0, 0.1) is 0 Å². The summed E-state index contributed by atoms with van der Waals surface area (Å²) in [6.45, 7) is 5.30. The predicted octanol–water partition coefficient (Wildman–Crippen LogP) is -7.81.